The van der Waals surface area contributed by atoms with Crippen molar-refractivity contribution in [2.75, 3.05) is 13.1 Å². The number of nitrogens with one attached hydrogen (secondary N) is 2. The highest BCUT2D eigenvalue weighted by atomic mass is 16.2. The summed E-state index contributed by atoms with van der Waals surface area (Å²) in [4.78, 5) is 16.4. The van der Waals surface area contributed by atoms with Crippen molar-refractivity contribution in [2.24, 2.45) is 5.92 Å². The average molecular weight is 286 g/mol. The minimum Gasteiger partial charge on any atom is -0.355 e. The molecule has 1 aliphatic heterocycles. The van der Waals surface area contributed by atoms with E-state index in [1.807, 2.05) is 24.5 Å². The molecule has 1 aromatic carbocycles. The van der Waals surface area contributed by atoms with Crippen LogP contribution < -0.4 is 10.6 Å². The lowest BCUT2D eigenvalue weighted by Gasteiger charge is -2.15. The third-order valence-corrected chi connectivity index (χ3v) is 4.22. The molecule has 3 rings (SSSR count). The van der Waals surface area contributed by atoms with Crippen LogP contribution in [0.2, 0.25) is 0 Å². The fourth-order valence-electron chi connectivity index (χ4n) is 2.94. The number of amides is 1. The van der Waals surface area contributed by atoms with E-state index in [9.17, 15) is 4.79 Å². The molecule has 2 unspecified atom stereocenters. The molecule has 2 atom stereocenters. The summed E-state index contributed by atoms with van der Waals surface area (Å²) in [6, 6.07) is 8.09. The monoisotopic (exact) mass is 286 g/mol. The Morgan fingerprint density at radius 3 is 3.14 bits per heavy atom. The van der Waals surface area contributed by atoms with E-state index in [-0.39, 0.29) is 11.9 Å². The fourth-order valence-corrected chi connectivity index (χ4v) is 2.94. The largest absolute Gasteiger partial charge is 0.355 e. The van der Waals surface area contributed by atoms with Crippen LogP contribution >= 0.6 is 0 Å². The second kappa shape index (κ2) is 6.26. The topological polar surface area (TPSA) is 59.0 Å². The highest BCUT2D eigenvalue weighted by molar-refractivity contribution is 5.82. The van der Waals surface area contributed by atoms with E-state index in [1.54, 1.807) is 0 Å². The molecule has 5 heteroatoms. The number of nitrogens with zero attached hydrogens (tertiary/aromatic N) is 2. The Morgan fingerprint density at radius 2 is 2.33 bits per heavy atom. The van der Waals surface area contributed by atoms with Gasteiger partial charge in [-0.05, 0) is 37.4 Å². The zero-order valence-corrected chi connectivity index (χ0v) is 12.4. The van der Waals surface area contributed by atoms with Gasteiger partial charge < -0.3 is 15.2 Å². The van der Waals surface area contributed by atoms with Gasteiger partial charge in [-0.2, -0.15) is 0 Å². The molecule has 0 radical (unpaired) electrons. The number of imidazole rings is 1. The molecule has 1 fully saturated rings. The third-order valence-electron chi connectivity index (χ3n) is 4.22. The highest BCUT2D eigenvalue weighted by Gasteiger charge is 2.28. The van der Waals surface area contributed by atoms with Gasteiger partial charge >= 0.3 is 0 Å². The fraction of sp³-hybridized carbons (Fsp3) is 0.500. The molecule has 1 aromatic heterocycles. The maximum Gasteiger partial charge on any atom is 0.237 e. The first-order valence-corrected chi connectivity index (χ1v) is 7.66. The standard InChI is InChI=1S/C16H22N4O/c1-12-7-9-17-15(12)16(21)18-8-4-10-20-11-19-13-5-2-3-6-14(13)20/h2-3,5-6,11-12,15,17H,4,7-10H2,1H3,(H,18,21). The van der Waals surface area contributed by atoms with Crippen molar-refractivity contribution in [1.29, 1.82) is 0 Å². The Morgan fingerprint density at radius 1 is 1.48 bits per heavy atom. The van der Waals surface area contributed by atoms with Crippen molar-refractivity contribution in [1.82, 2.24) is 20.2 Å². The minimum atomic E-state index is -0.0147. The van der Waals surface area contributed by atoms with Crippen molar-refractivity contribution < 1.29 is 4.79 Å². The first-order valence-electron chi connectivity index (χ1n) is 7.66. The molecule has 0 aliphatic carbocycles. The zero-order valence-electron chi connectivity index (χ0n) is 12.4. The summed E-state index contributed by atoms with van der Waals surface area (Å²) in [5.41, 5.74) is 2.17. The van der Waals surface area contributed by atoms with Crippen LogP contribution in [0.4, 0.5) is 0 Å². The van der Waals surface area contributed by atoms with Crippen LogP contribution in [-0.4, -0.2) is 34.6 Å². The quantitative estimate of drug-likeness (QED) is 0.820. The van der Waals surface area contributed by atoms with Gasteiger partial charge in [0.25, 0.3) is 0 Å². The summed E-state index contributed by atoms with van der Waals surface area (Å²) in [7, 11) is 0. The summed E-state index contributed by atoms with van der Waals surface area (Å²) >= 11 is 0. The molecule has 0 spiro atoms. The van der Waals surface area contributed by atoms with Gasteiger partial charge in [0.2, 0.25) is 5.91 Å². The highest BCUT2D eigenvalue weighted by Crippen LogP contribution is 2.14. The molecule has 21 heavy (non-hydrogen) atoms. The van der Waals surface area contributed by atoms with E-state index >= 15 is 0 Å². The maximum atomic E-state index is 12.0. The molecule has 1 aliphatic rings. The summed E-state index contributed by atoms with van der Waals surface area (Å²) in [6.45, 7) is 4.65. The van der Waals surface area contributed by atoms with Gasteiger partial charge in [0, 0.05) is 13.1 Å². The van der Waals surface area contributed by atoms with Crippen molar-refractivity contribution in [3.8, 4) is 0 Å². The molecule has 0 bridgehead atoms. The molecule has 0 saturated carbocycles. The molecule has 2 N–H and O–H groups in total. The Kier molecular flexibility index (Phi) is 4.20. The lowest BCUT2D eigenvalue weighted by molar-refractivity contribution is -0.123. The van der Waals surface area contributed by atoms with Crippen LogP contribution in [0.25, 0.3) is 11.0 Å². The van der Waals surface area contributed by atoms with Crippen LogP contribution in [0.5, 0.6) is 0 Å². The first-order chi connectivity index (χ1) is 10.3. The second-order valence-electron chi connectivity index (χ2n) is 5.77. The molecule has 2 aromatic rings. The van der Waals surface area contributed by atoms with E-state index in [0.29, 0.717) is 12.5 Å². The number of hydrogen-bond acceptors (Lipinski definition) is 3. The molecule has 112 valence electrons. The predicted molar refractivity (Wildman–Crippen MR) is 82.9 cm³/mol. The summed E-state index contributed by atoms with van der Waals surface area (Å²) in [5, 5.41) is 6.29. The van der Waals surface area contributed by atoms with Crippen molar-refractivity contribution in [2.45, 2.75) is 32.4 Å². The summed E-state index contributed by atoms with van der Waals surface area (Å²) in [6.07, 6.45) is 3.86. The maximum absolute atomic E-state index is 12.0. The molecule has 1 saturated heterocycles. The number of aryl methyl sites for hydroxylation is 1. The van der Waals surface area contributed by atoms with Crippen molar-refractivity contribution in [3.05, 3.63) is 30.6 Å². The average Bonchev–Trinajstić information content (AvgIpc) is 3.10. The van der Waals surface area contributed by atoms with E-state index in [4.69, 9.17) is 0 Å². The smallest absolute Gasteiger partial charge is 0.237 e. The number of carbonyl (C=O) groups is 1. The number of aromatic nitrogens is 2. The summed E-state index contributed by atoms with van der Waals surface area (Å²) in [5.74, 6) is 0.568. The normalized spacial score (nSPS) is 21.8. The molecule has 1 amide bonds. The van der Waals surface area contributed by atoms with Crippen molar-refractivity contribution in [3.63, 3.8) is 0 Å². The number of para-hydroxylation sites is 2. The van der Waals surface area contributed by atoms with Gasteiger partial charge in [0.1, 0.15) is 0 Å². The van der Waals surface area contributed by atoms with Crippen molar-refractivity contribution >= 4 is 16.9 Å². The van der Waals surface area contributed by atoms with Gasteiger partial charge in [-0.25, -0.2) is 4.98 Å². The number of hydrogen-bond donors (Lipinski definition) is 2. The number of rotatable bonds is 5. The Balaban J connectivity index is 1.47. The van der Waals surface area contributed by atoms with Gasteiger partial charge in [-0.3, -0.25) is 4.79 Å². The van der Waals surface area contributed by atoms with Crippen LogP contribution in [0.3, 0.4) is 0 Å². The van der Waals surface area contributed by atoms with Crippen LogP contribution in [0, 0.1) is 5.92 Å². The Bertz CT molecular complexity index is 622. The van der Waals surface area contributed by atoms with E-state index in [0.717, 1.165) is 37.0 Å². The summed E-state index contributed by atoms with van der Waals surface area (Å²) < 4.78 is 2.14. The Labute approximate surface area is 124 Å². The van der Waals surface area contributed by atoms with Gasteiger partial charge in [-0.1, -0.05) is 19.1 Å². The molecule has 5 nitrogen and oxygen atoms in total. The lowest BCUT2D eigenvalue weighted by Crippen LogP contribution is -2.43. The van der Waals surface area contributed by atoms with Gasteiger partial charge in [0.05, 0.1) is 23.4 Å². The number of benzene rings is 1. The minimum absolute atomic E-state index is 0.0147. The molecular formula is C16H22N4O. The van der Waals surface area contributed by atoms with E-state index < -0.39 is 0 Å². The van der Waals surface area contributed by atoms with Crippen LogP contribution in [-0.2, 0) is 11.3 Å². The Hall–Kier alpha value is -1.88. The van der Waals surface area contributed by atoms with Crippen LogP contribution in [0.1, 0.15) is 19.8 Å². The van der Waals surface area contributed by atoms with E-state index in [2.05, 4.69) is 33.2 Å². The number of fused-ring (bicyclic) bond motifs is 1. The first kappa shape index (κ1) is 14.1. The number of carbonyl (C=O) groups excluding carboxylic acids is 1. The predicted octanol–water partition coefficient (Wildman–Crippen LogP) is 1.54. The second-order valence-corrected chi connectivity index (χ2v) is 5.77. The van der Waals surface area contributed by atoms with Gasteiger partial charge in [-0.15, -0.1) is 0 Å². The van der Waals surface area contributed by atoms with Gasteiger partial charge in [0.15, 0.2) is 0 Å². The molecular weight excluding hydrogens is 264 g/mol. The zero-order chi connectivity index (χ0) is 14.7. The lowest BCUT2D eigenvalue weighted by atomic mass is 10.0. The van der Waals surface area contributed by atoms with Crippen LogP contribution in [0.15, 0.2) is 30.6 Å². The van der Waals surface area contributed by atoms with E-state index in [1.165, 1.54) is 0 Å². The molecule has 2 heterocycles. The SMILES string of the molecule is CC1CCNC1C(=O)NCCCn1cnc2ccccc21. The third kappa shape index (κ3) is 3.08.